The zero-order chi connectivity index (χ0) is 10.2. The topological polar surface area (TPSA) is 34.1 Å². The van der Waals surface area contributed by atoms with E-state index in [0.717, 1.165) is 6.07 Å². The summed E-state index contributed by atoms with van der Waals surface area (Å²) in [5.41, 5.74) is 1.05. The second-order valence-electron chi connectivity index (χ2n) is 2.78. The summed E-state index contributed by atoms with van der Waals surface area (Å²) in [6, 6.07) is 2.19. The average Bonchev–Trinajstić information content (AvgIpc) is 1.94. The van der Waals surface area contributed by atoms with E-state index in [1.165, 1.54) is 6.07 Å². The summed E-state index contributed by atoms with van der Waals surface area (Å²) in [5, 5.41) is 0. The van der Waals surface area contributed by atoms with E-state index < -0.39 is 14.9 Å². The molecule has 0 atom stereocenters. The van der Waals surface area contributed by atoms with Gasteiger partial charge in [-0.2, -0.15) is 0 Å². The number of halogens is 2. The standard InChI is InChI=1S/C8H8ClFO2S/c1-5-3-7(10)4-8(6(5)2)13(9,11)12/h3-4H,1-2H3. The van der Waals surface area contributed by atoms with Crippen molar-refractivity contribution >= 4 is 19.7 Å². The summed E-state index contributed by atoms with van der Waals surface area (Å²) < 4.78 is 34.7. The molecule has 0 spiro atoms. The highest BCUT2D eigenvalue weighted by atomic mass is 35.7. The minimum atomic E-state index is -3.85. The molecular formula is C8H8ClFO2S. The predicted octanol–water partition coefficient (Wildman–Crippen LogP) is 2.37. The van der Waals surface area contributed by atoms with Crippen molar-refractivity contribution in [2.45, 2.75) is 18.7 Å². The van der Waals surface area contributed by atoms with Gasteiger partial charge in [0.2, 0.25) is 0 Å². The van der Waals surface area contributed by atoms with Crippen LogP contribution in [-0.4, -0.2) is 8.42 Å². The normalized spacial score (nSPS) is 11.7. The molecule has 0 aliphatic heterocycles. The Balaban J connectivity index is 3.56. The highest BCUT2D eigenvalue weighted by molar-refractivity contribution is 8.13. The zero-order valence-electron chi connectivity index (χ0n) is 7.14. The molecule has 13 heavy (non-hydrogen) atoms. The summed E-state index contributed by atoms with van der Waals surface area (Å²) in [4.78, 5) is -0.160. The lowest BCUT2D eigenvalue weighted by Gasteiger charge is -2.05. The smallest absolute Gasteiger partial charge is 0.207 e. The summed E-state index contributed by atoms with van der Waals surface area (Å²) in [6.07, 6.45) is 0. The molecule has 1 aromatic rings. The van der Waals surface area contributed by atoms with Crippen molar-refractivity contribution in [2.24, 2.45) is 0 Å². The first-order valence-electron chi connectivity index (χ1n) is 3.54. The minimum Gasteiger partial charge on any atom is -0.207 e. The van der Waals surface area contributed by atoms with Crippen molar-refractivity contribution in [2.75, 3.05) is 0 Å². The molecule has 1 aromatic carbocycles. The van der Waals surface area contributed by atoms with Crippen molar-refractivity contribution in [1.29, 1.82) is 0 Å². The Labute approximate surface area is 80.8 Å². The van der Waals surface area contributed by atoms with Crippen LogP contribution in [0.3, 0.4) is 0 Å². The first-order chi connectivity index (χ1) is 5.82. The summed E-state index contributed by atoms with van der Waals surface area (Å²) in [7, 11) is 1.27. The molecule has 0 amide bonds. The molecule has 0 N–H and O–H groups in total. The molecule has 0 fully saturated rings. The molecule has 0 saturated heterocycles. The SMILES string of the molecule is Cc1cc(F)cc(S(=O)(=O)Cl)c1C. The molecule has 2 nitrogen and oxygen atoms in total. The van der Waals surface area contributed by atoms with Gasteiger partial charge < -0.3 is 0 Å². The van der Waals surface area contributed by atoms with Crippen molar-refractivity contribution in [3.8, 4) is 0 Å². The molecule has 0 saturated carbocycles. The van der Waals surface area contributed by atoms with Crippen molar-refractivity contribution in [3.63, 3.8) is 0 Å². The number of hydrogen-bond acceptors (Lipinski definition) is 2. The first kappa shape index (κ1) is 10.5. The third-order valence-electron chi connectivity index (χ3n) is 1.85. The Morgan fingerprint density at radius 2 is 1.85 bits per heavy atom. The van der Waals surface area contributed by atoms with Crippen LogP contribution in [0.1, 0.15) is 11.1 Å². The van der Waals surface area contributed by atoms with Gasteiger partial charge in [0.15, 0.2) is 0 Å². The Hall–Kier alpha value is -0.610. The van der Waals surface area contributed by atoms with Crippen LogP contribution in [0.15, 0.2) is 17.0 Å². The van der Waals surface area contributed by atoms with Crippen LogP contribution < -0.4 is 0 Å². The molecular weight excluding hydrogens is 215 g/mol. The van der Waals surface area contributed by atoms with Crippen LogP contribution in [0.25, 0.3) is 0 Å². The fraction of sp³-hybridized carbons (Fsp3) is 0.250. The van der Waals surface area contributed by atoms with E-state index >= 15 is 0 Å². The van der Waals surface area contributed by atoms with Crippen molar-refractivity contribution < 1.29 is 12.8 Å². The van der Waals surface area contributed by atoms with Gasteiger partial charge in [0.25, 0.3) is 9.05 Å². The van der Waals surface area contributed by atoms with Gasteiger partial charge in [0.1, 0.15) is 5.82 Å². The first-order valence-corrected chi connectivity index (χ1v) is 5.84. The summed E-state index contributed by atoms with van der Waals surface area (Å²) >= 11 is 0. The third kappa shape index (κ3) is 2.19. The van der Waals surface area contributed by atoms with E-state index in [-0.39, 0.29) is 4.90 Å². The number of hydrogen-bond donors (Lipinski definition) is 0. The van der Waals surface area contributed by atoms with E-state index in [1.807, 2.05) is 0 Å². The van der Waals surface area contributed by atoms with Crippen LogP contribution in [0.5, 0.6) is 0 Å². The van der Waals surface area contributed by atoms with Gasteiger partial charge in [-0.1, -0.05) is 0 Å². The lowest BCUT2D eigenvalue weighted by molar-refractivity contribution is 0.600. The van der Waals surface area contributed by atoms with Crippen molar-refractivity contribution in [3.05, 3.63) is 29.1 Å². The van der Waals surface area contributed by atoms with E-state index in [9.17, 15) is 12.8 Å². The second kappa shape index (κ2) is 3.27. The molecule has 72 valence electrons. The Morgan fingerprint density at radius 1 is 1.31 bits per heavy atom. The molecule has 0 unspecified atom stereocenters. The van der Waals surface area contributed by atoms with Gasteiger partial charge >= 0.3 is 0 Å². The van der Waals surface area contributed by atoms with Crippen LogP contribution in [0.4, 0.5) is 4.39 Å². The Morgan fingerprint density at radius 3 is 2.31 bits per heavy atom. The Kier molecular flexibility index (Phi) is 2.63. The van der Waals surface area contributed by atoms with Gasteiger partial charge in [0.05, 0.1) is 4.90 Å². The molecule has 0 bridgehead atoms. The fourth-order valence-electron chi connectivity index (χ4n) is 1.04. The van der Waals surface area contributed by atoms with E-state index in [1.54, 1.807) is 13.8 Å². The predicted molar refractivity (Wildman–Crippen MR) is 48.9 cm³/mol. The lowest BCUT2D eigenvalue weighted by Crippen LogP contribution is -1.98. The molecule has 0 radical (unpaired) electrons. The van der Waals surface area contributed by atoms with Gasteiger partial charge in [-0.3, -0.25) is 0 Å². The van der Waals surface area contributed by atoms with E-state index in [2.05, 4.69) is 0 Å². The number of rotatable bonds is 1. The number of aryl methyl sites for hydroxylation is 1. The van der Waals surface area contributed by atoms with Crippen molar-refractivity contribution in [1.82, 2.24) is 0 Å². The third-order valence-corrected chi connectivity index (χ3v) is 3.30. The molecule has 5 heteroatoms. The van der Waals surface area contributed by atoms with E-state index in [0.29, 0.717) is 11.1 Å². The van der Waals surface area contributed by atoms with Crippen LogP contribution in [-0.2, 0) is 9.05 Å². The quantitative estimate of drug-likeness (QED) is 0.684. The molecule has 0 heterocycles. The molecule has 1 rings (SSSR count). The van der Waals surface area contributed by atoms with Gasteiger partial charge in [-0.05, 0) is 37.1 Å². The van der Waals surface area contributed by atoms with Gasteiger partial charge in [0, 0.05) is 10.7 Å². The largest absolute Gasteiger partial charge is 0.261 e. The van der Waals surface area contributed by atoms with E-state index in [4.69, 9.17) is 10.7 Å². The minimum absolute atomic E-state index is 0.160. The fourth-order valence-corrected chi connectivity index (χ4v) is 2.30. The maximum absolute atomic E-state index is 12.8. The zero-order valence-corrected chi connectivity index (χ0v) is 8.71. The van der Waals surface area contributed by atoms with Crippen LogP contribution in [0.2, 0.25) is 0 Å². The molecule has 0 aromatic heterocycles. The van der Waals surface area contributed by atoms with Gasteiger partial charge in [-0.15, -0.1) is 0 Å². The lowest BCUT2D eigenvalue weighted by atomic mass is 10.1. The van der Waals surface area contributed by atoms with Crippen LogP contribution >= 0.6 is 10.7 Å². The number of benzene rings is 1. The molecule has 0 aliphatic rings. The average molecular weight is 223 g/mol. The monoisotopic (exact) mass is 222 g/mol. The summed E-state index contributed by atoms with van der Waals surface area (Å²) in [6.45, 7) is 3.22. The maximum atomic E-state index is 12.8. The van der Waals surface area contributed by atoms with Gasteiger partial charge in [-0.25, -0.2) is 12.8 Å². The maximum Gasteiger partial charge on any atom is 0.261 e. The second-order valence-corrected chi connectivity index (χ2v) is 5.32. The highest BCUT2D eigenvalue weighted by Gasteiger charge is 2.15. The van der Waals surface area contributed by atoms with Crippen LogP contribution in [0, 0.1) is 19.7 Å². The summed E-state index contributed by atoms with van der Waals surface area (Å²) in [5.74, 6) is -0.595. The highest BCUT2D eigenvalue weighted by Crippen LogP contribution is 2.23. The Bertz CT molecular complexity index is 440. The molecule has 0 aliphatic carbocycles.